The van der Waals surface area contributed by atoms with Crippen LogP contribution in [0.2, 0.25) is 5.02 Å². The number of anilines is 1. The summed E-state index contributed by atoms with van der Waals surface area (Å²) in [7, 11) is 0. The maximum Gasteiger partial charge on any atom is 0.322 e. The molecule has 1 aliphatic rings. The van der Waals surface area contributed by atoms with Gasteiger partial charge in [0.2, 0.25) is 5.78 Å². The van der Waals surface area contributed by atoms with E-state index in [-0.39, 0.29) is 31.0 Å². The highest BCUT2D eigenvalue weighted by molar-refractivity contribution is 6.31. The van der Waals surface area contributed by atoms with Crippen LogP contribution in [0.3, 0.4) is 0 Å². The summed E-state index contributed by atoms with van der Waals surface area (Å²) in [6.45, 7) is 0.169. The first-order valence-electron chi connectivity index (χ1n) is 7.76. The van der Waals surface area contributed by atoms with Crippen molar-refractivity contribution in [2.75, 3.05) is 18.5 Å². The number of nitrogens with zero attached hydrogens (tertiary/aromatic N) is 1. The van der Waals surface area contributed by atoms with E-state index in [0.717, 1.165) is 12.8 Å². The zero-order valence-corrected chi connectivity index (χ0v) is 13.7. The number of aromatic amines is 1. The second kappa shape index (κ2) is 7.07. The van der Waals surface area contributed by atoms with Crippen LogP contribution in [0.15, 0.2) is 36.5 Å². The van der Waals surface area contributed by atoms with Gasteiger partial charge in [-0.25, -0.2) is 4.79 Å². The van der Waals surface area contributed by atoms with Crippen LogP contribution in [0.4, 0.5) is 10.5 Å². The maximum atomic E-state index is 12.6. The molecule has 0 bridgehead atoms. The monoisotopic (exact) mass is 347 g/mol. The largest absolute Gasteiger partial charge is 0.395 e. The Labute approximate surface area is 144 Å². The minimum absolute atomic E-state index is 0.0984. The predicted octanol–water partition coefficient (Wildman–Crippen LogP) is 2.89. The summed E-state index contributed by atoms with van der Waals surface area (Å²) in [6.07, 6.45) is 3.52. The van der Waals surface area contributed by atoms with Crippen LogP contribution in [0.5, 0.6) is 0 Å². The van der Waals surface area contributed by atoms with Crippen molar-refractivity contribution in [1.29, 1.82) is 0 Å². The van der Waals surface area contributed by atoms with Crippen LogP contribution in [0.1, 0.15) is 28.9 Å². The van der Waals surface area contributed by atoms with E-state index < -0.39 is 0 Å². The molecule has 0 radical (unpaired) electrons. The van der Waals surface area contributed by atoms with Crippen molar-refractivity contribution in [2.24, 2.45) is 0 Å². The molecule has 1 saturated carbocycles. The van der Waals surface area contributed by atoms with Crippen molar-refractivity contribution in [1.82, 2.24) is 9.88 Å². The van der Waals surface area contributed by atoms with Crippen LogP contribution >= 0.6 is 11.6 Å². The number of urea groups is 1. The number of halogens is 1. The highest BCUT2D eigenvalue weighted by Crippen LogP contribution is 2.28. The molecule has 7 heteroatoms. The highest BCUT2D eigenvalue weighted by Gasteiger charge is 2.32. The summed E-state index contributed by atoms with van der Waals surface area (Å²) < 4.78 is 0. The minimum Gasteiger partial charge on any atom is -0.395 e. The predicted molar refractivity (Wildman–Crippen MR) is 91.5 cm³/mol. The molecule has 1 aromatic heterocycles. The summed E-state index contributed by atoms with van der Waals surface area (Å²) in [5.74, 6) is -0.252. The molecule has 1 aliphatic carbocycles. The van der Waals surface area contributed by atoms with Crippen molar-refractivity contribution in [3.8, 4) is 0 Å². The lowest BCUT2D eigenvalue weighted by molar-refractivity contribution is 0.103. The first-order chi connectivity index (χ1) is 11.6. The summed E-state index contributed by atoms with van der Waals surface area (Å²) in [5.41, 5.74) is 1.13. The number of aliphatic hydroxyl groups excluding tert-OH is 1. The highest BCUT2D eigenvalue weighted by atomic mass is 35.5. The van der Waals surface area contributed by atoms with Crippen LogP contribution in [-0.2, 0) is 0 Å². The Morgan fingerprint density at radius 1 is 1.33 bits per heavy atom. The number of aromatic nitrogens is 1. The molecule has 2 amide bonds. The van der Waals surface area contributed by atoms with Gasteiger partial charge in [0.15, 0.2) is 0 Å². The molecule has 0 aliphatic heterocycles. The lowest BCUT2D eigenvalue weighted by atomic mass is 10.1. The molecular weight excluding hydrogens is 330 g/mol. The fraction of sp³-hybridized carbons (Fsp3) is 0.294. The normalized spacial score (nSPS) is 13.6. The van der Waals surface area contributed by atoms with E-state index >= 15 is 0 Å². The van der Waals surface area contributed by atoms with Crippen LogP contribution in [-0.4, -0.2) is 46.0 Å². The second-order valence-electron chi connectivity index (χ2n) is 5.68. The Morgan fingerprint density at radius 3 is 2.75 bits per heavy atom. The average Bonchev–Trinajstić information content (AvgIpc) is 3.26. The minimum atomic E-state index is -0.325. The Hall–Kier alpha value is -2.31. The van der Waals surface area contributed by atoms with Gasteiger partial charge in [0.25, 0.3) is 0 Å². The molecule has 1 aromatic carbocycles. The molecule has 126 valence electrons. The SMILES string of the molecule is O=C(c1ccc[nH]1)c1cc(Cl)ccc1NC(=O)N(CCO)C1CC1. The van der Waals surface area contributed by atoms with Crippen molar-refractivity contribution in [3.63, 3.8) is 0 Å². The van der Waals surface area contributed by atoms with Crippen LogP contribution < -0.4 is 5.32 Å². The van der Waals surface area contributed by atoms with Crippen LogP contribution in [0, 0.1) is 0 Å². The number of benzene rings is 1. The molecule has 3 rings (SSSR count). The topological polar surface area (TPSA) is 85.4 Å². The second-order valence-corrected chi connectivity index (χ2v) is 6.12. The van der Waals surface area contributed by atoms with E-state index in [2.05, 4.69) is 10.3 Å². The van der Waals surface area contributed by atoms with Crippen molar-refractivity contribution < 1.29 is 14.7 Å². The van der Waals surface area contributed by atoms with Gasteiger partial charge in [0.1, 0.15) is 0 Å². The summed E-state index contributed by atoms with van der Waals surface area (Å²) >= 11 is 6.01. The van der Waals surface area contributed by atoms with E-state index in [1.165, 1.54) is 6.07 Å². The quantitative estimate of drug-likeness (QED) is 0.702. The van der Waals surface area contributed by atoms with Gasteiger partial charge in [0.05, 0.1) is 18.0 Å². The molecule has 0 atom stereocenters. The van der Waals surface area contributed by atoms with Gasteiger partial charge in [-0.1, -0.05) is 11.6 Å². The zero-order valence-electron chi connectivity index (χ0n) is 13.0. The van der Waals surface area contributed by atoms with E-state index in [0.29, 0.717) is 22.0 Å². The molecule has 1 fully saturated rings. The Kier molecular flexibility index (Phi) is 4.87. The van der Waals surface area contributed by atoms with Gasteiger partial charge in [-0.15, -0.1) is 0 Å². The van der Waals surface area contributed by atoms with Gasteiger partial charge in [-0.05, 0) is 43.2 Å². The molecule has 2 aromatic rings. The summed E-state index contributed by atoms with van der Waals surface area (Å²) in [6, 6.07) is 8.00. The Bertz CT molecular complexity index is 742. The number of hydrogen-bond donors (Lipinski definition) is 3. The van der Waals surface area contributed by atoms with Gasteiger partial charge < -0.3 is 20.3 Å². The number of H-pyrrole nitrogens is 1. The number of hydrogen-bond acceptors (Lipinski definition) is 3. The molecule has 0 spiro atoms. The molecule has 3 N–H and O–H groups in total. The molecule has 24 heavy (non-hydrogen) atoms. The third-order valence-corrected chi connectivity index (χ3v) is 4.13. The average molecular weight is 348 g/mol. The van der Waals surface area contributed by atoms with Gasteiger partial charge in [-0.3, -0.25) is 4.79 Å². The number of nitrogens with one attached hydrogen (secondary N) is 2. The standard InChI is InChI=1S/C17H18ClN3O3/c18-11-3-6-14(13(10-11)16(23)15-2-1-7-19-15)20-17(24)21(8-9-22)12-4-5-12/h1-3,6-7,10,12,19,22H,4-5,8-9H2,(H,20,24). The number of carbonyl (C=O) groups excluding carboxylic acids is 2. The molecular formula is C17H18ClN3O3. The Balaban J connectivity index is 1.85. The van der Waals surface area contributed by atoms with Crippen molar-refractivity contribution in [3.05, 3.63) is 52.8 Å². The zero-order chi connectivity index (χ0) is 17.1. The number of rotatable bonds is 6. The van der Waals surface area contributed by atoms with Crippen LogP contribution in [0.25, 0.3) is 0 Å². The third-order valence-electron chi connectivity index (χ3n) is 3.90. The lowest BCUT2D eigenvalue weighted by Crippen LogP contribution is -2.39. The van der Waals surface area contributed by atoms with E-state index in [4.69, 9.17) is 16.7 Å². The fourth-order valence-electron chi connectivity index (χ4n) is 2.56. The van der Waals surface area contributed by atoms with Crippen molar-refractivity contribution in [2.45, 2.75) is 18.9 Å². The number of carbonyl (C=O) groups is 2. The summed E-state index contributed by atoms with van der Waals surface area (Å²) in [5, 5.41) is 12.3. The number of ketones is 1. The van der Waals surface area contributed by atoms with Crippen molar-refractivity contribution >= 4 is 29.1 Å². The first-order valence-corrected chi connectivity index (χ1v) is 8.14. The maximum absolute atomic E-state index is 12.6. The molecule has 0 unspecified atom stereocenters. The van der Waals surface area contributed by atoms with E-state index in [1.54, 1.807) is 35.4 Å². The van der Waals surface area contributed by atoms with Gasteiger partial charge in [0, 0.05) is 29.4 Å². The lowest BCUT2D eigenvalue weighted by Gasteiger charge is -2.22. The smallest absolute Gasteiger partial charge is 0.322 e. The fourth-order valence-corrected chi connectivity index (χ4v) is 2.73. The van der Waals surface area contributed by atoms with E-state index in [1.807, 2.05) is 0 Å². The Morgan fingerprint density at radius 2 is 2.12 bits per heavy atom. The summed E-state index contributed by atoms with van der Waals surface area (Å²) in [4.78, 5) is 29.5. The van der Waals surface area contributed by atoms with E-state index in [9.17, 15) is 9.59 Å². The van der Waals surface area contributed by atoms with Gasteiger partial charge in [-0.2, -0.15) is 0 Å². The third kappa shape index (κ3) is 3.60. The first kappa shape index (κ1) is 16.5. The number of amides is 2. The number of aliphatic hydroxyl groups is 1. The molecule has 1 heterocycles. The molecule has 0 saturated heterocycles. The van der Waals surface area contributed by atoms with Gasteiger partial charge >= 0.3 is 6.03 Å². The molecule has 6 nitrogen and oxygen atoms in total.